The van der Waals surface area contributed by atoms with Crippen molar-refractivity contribution in [1.82, 2.24) is 4.98 Å². The van der Waals surface area contributed by atoms with E-state index in [2.05, 4.69) is 16.8 Å². The number of aromatic nitrogens is 1. The molecule has 2 unspecified atom stereocenters. The summed E-state index contributed by atoms with van der Waals surface area (Å²) in [5, 5.41) is 12.5. The molecule has 4 heteroatoms. The van der Waals surface area contributed by atoms with E-state index in [-0.39, 0.29) is 0 Å². The van der Waals surface area contributed by atoms with Crippen LogP contribution in [0.2, 0.25) is 0 Å². The van der Waals surface area contributed by atoms with Crippen LogP contribution in [0.15, 0.2) is 5.38 Å². The maximum absolute atomic E-state index is 9.43. The molecule has 0 bridgehead atoms. The average Bonchev–Trinajstić information content (AvgIpc) is 2.85. The van der Waals surface area contributed by atoms with E-state index in [1.165, 1.54) is 19.3 Å². The van der Waals surface area contributed by atoms with Gasteiger partial charge in [0.25, 0.3) is 0 Å². The fourth-order valence-corrected chi connectivity index (χ4v) is 3.12. The third-order valence-electron chi connectivity index (χ3n) is 3.03. The lowest BCUT2D eigenvalue weighted by Gasteiger charge is -2.22. The van der Waals surface area contributed by atoms with Crippen molar-refractivity contribution in [3.8, 4) is 0 Å². The van der Waals surface area contributed by atoms with E-state index in [0.29, 0.717) is 6.04 Å². The van der Waals surface area contributed by atoms with Crippen LogP contribution in [0.3, 0.4) is 0 Å². The smallest absolute Gasteiger partial charge is 0.185 e. The lowest BCUT2D eigenvalue weighted by atomic mass is 10.2. The Morgan fingerprint density at radius 1 is 1.73 bits per heavy atom. The summed E-state index contributed by atoms with van der Waals surface area (Å²) in [4.78, 5) is 6.87. The molecule has 0 amide bonds. The molecule has 0 aliphatic carbocycles. The highest BCUT2D eigenvalue weighted by molar-refractivity contribution is 7.13. The van der Waals surface area contributed by atoms with Gasteiger partial charge in [-0.05, 0) is 26.2 Å². The molecule has 0 radical (unpaired) electrons. The molecule has 3 nitrogen and oxygen atoms in total. The van der Waals surface area contributed by atoms with E-state index in [9.17, 15) is 5.11 Å². The summed E-state index contributed by atoms with van der Waals surface area (Å²) in [5.74, 6) is 0. The largest absolute Gasteiger partial charge is 0.387 e. The van der Waals surface area contributed by atoms with Crippen molar-refractivity contribution in [2.75, 3.05) is 11.4 Å². The summed E-state index contributed by atoms with van der Waals surface area (Å²) >= 11 is 1.65. The molecule has 1 N–H and O–H groups in total. The molecule has 0 spiro atoms. The van der Waals surface area contributed by atoms with Gasteiger partial charge in [0.05, 0.1) is 11.8 Å². The van der Waals surface area contributed by atoms with E-state index >= 15 is 0 Å². The summed E-state index contributed by atoms with van der Waals surface area (Å²) in [7, 11) is 0. The molecule has 15 heavy (non-hydrogen) atoms. The standard InChI is InChI=1S/C11H18N2OS/c1-3-9-5-4-6-13(9)11-12-10(7-15-11)8(2)14/h7-9,14H,3-6H2,1-2H3. The minimum absolute atomic E-state index is 0.447. The maximum atomic E-state index is 9.43. The van der Waals surface area contributed by atoms with E-state index < -0.39 is 6.10 Å². The monoisotopic (exact) mass is 226 g/mol. The van der Waals surface area contributed by atoms with Gasteiger partial charge >= 0.3 is 0 Å². The minimum atomic E-state index is -0.447. The topological polar surface area (TPSA) is 36.4 Å². The average molecular weight is 226 g/mol. The Morgan fingerprint density at radius 2 is 2.53 bits per heavy atom. The van der Waals surface area contributed by atoms with Crippen LogP contribution in [-0.4, -0.2) is 22.7 Å². The van der Waals surface area contributed by atoms with Crippen molar-refractivity contribution in [2.45, 2.75) is 45.3 Å². The molecule has 0 aromatic carbocycles. The molecule has 0 saturated carbocycles. The van der Waals surface area contributed by atoms with Crippen LogP contribution >= 0.6 is 11.3 Å². The van der Waals surface area contributed by atoms with Crippen LogP contribution in [0.5, 0.6) is 0 Å². The molecule has 1 aliphatic heterocycles. The van der Waals surface area contributed by atoms with Gasteiger partial charge in [-0.15, -0.1) is 11.3 Å². The van der Waals surface area contributed by atoms with Crippen LogP contribution in [0.4, 0.5) is 5.13 Å². The molecular weight excluding hydrogens is 208 g/mol. The van der Waals surface area contributed by atoms with Gasteiger partial charge in [-0.1, -0.05) is 6.92 Å². The molecule has 1 aromatic heterocycles. The van der Waals surface area contributed by atoms with Gasteiger partial charge in [-0.2, -0.15) is 0 Å². The lowest BCUT2D eigenvalue weighted by molar-refractivity contribution is 0.195. The summed E-state index contributed by atoms with van der Waals surface area (Å²) in [6.07, 6.45) is 3.28. The van der Waals surface area contributed by atoms with E-state index in [1.54, 1.807) is 18.3 Å². The predicted molar refractivity (Wildman–Crippen MR) is 63.4 cm³/mol. The number of thiazole rings is 1. The Balaban J connectivity index is 2.14. The zero-order valence-corrected chi connectivity index (χ0v) is 10.1. The van der Waals surface area contributed by atoms with E-state index in [1.807, 2.05) is 5.38 Å². The van der Waals surface area contributed by atoms with Gasteiger partial charge in [0.15, 0.2) is 5.13 Å². The van der Waals surface area contributed by atoms with Crippen molar-refractivity contribution >= 4 is 16.5 Å². The SMILES string of the molecule is CCC1CCCN1c1nc(C(C)O)cs1. The second kappa shape index (κ2) is 4.49. The Bertz CT molecular complexity index is 324. The Morgan fingerprint density at radius 3 is 3.13 bits per heavy atom. The second-order valence-electron chi connectivity index (χ2n) is 4.13. The van der Waals surface area contributed by atoms with Crippen LogP contribution < -0.4 is 4.90 Å². The molecule has 1 fully saturated rings. The first-order valence-corrected chi connectivity index (χ1v) is 6.50. The van der Waals surface area contributed by atoms with Crippen molar-refractivity contribution in [3.05, 3.63) is 11.1 Å². The van der Waals surface area contributed by atoms with Crippen molar-refractivity contribution < 1.29 is 5.11 Å². The molecular formula is C11H18N2OS. The third kappa shape index (κ3) is 2.16. The fourth-order valence-electron chi connectivity index (χ4n) is 2.11. The first kappa shape index (κ1) is 10.9. The van der Waals surface area contributed by atoms with Gasteiger partial charge in [-0.25, -0.2) is 4.98 Å². The molecule has 2 atom stereocenters. The summed E-state index contributed by atoms with van der Waals surface area (Å²) < 4.78 is 0. The van der Waals surface area contributed by atoms with Crippen LogP contribution in [-0.2, 0) is 0 Å². The maximum Gasteiger partial charge on any atom is 0.185 e. The van der Waals surface area contributed by atoms with Crippen molar-refractivity contribution in [3.63, 3.8) is 0 Å². The van der Waals surface area contributed by atoms with Gasteiger partial charge in [0.2, 0.25) is 0 Å². The first-order valence-electron chi connectivity index (χ1n) is 5.62. The molecule has 84 valence electrons. The highest BCUT2D eigenvalue weighted by Crippen LogP contribution is 2.31. The van der Waals surface area contributed by atoms with E-state index in [4.69, 9.17) is 0 Å². The Kier molecular flexibility index (Phi) is 3.26. The van der Waals surface area contributed by atoms with Gasteiger partial charge < -0.3 is 10.0 Å². The number of hydrogen-bond donors (Lipinski definition) is 1. The fraction of sp³-hybridized carbons (Fsp3) is 0.727. The van der Waals surface area contributed by atoms with Crippen LogP contribution in [0.25, 0.3) is 0 Å². The summed E-state index contributed by atoms with van der Waals surface area (Å²) in [5.41, 5.74) is 0.803. The quantitative estimate of drug-likeness (QED) is 0.860. The summed E-state index contributed by atoms with van der Waals surface area (Å²) in [6.45, 7) is 5.11. The number of aliphatic hydroxyl groups excluding tert-OH is 1. The normalized spacial score (nSPS) is 23.4. The van der Waals surface area contributed by atoms with Gasteiger partial charge in [0.1, 0.15) is 0 Å². The van der Waals surface area contributed by atoms with Crippen molar-refractivity contribution in [1.29, 1.82) is 0 Å². The van der Waals surface area contributed by atoms with Crippen LogP contribution in [0.1, 0.15) is 44.9 Å². The molecule has 1 saturated heterocycles. The first-order chi connectivity index (χ1) is 7.22. The van der Waals surface area contributed by atoms with E-state index in [0.717, 1.165) is 17.4 Å². The zero-order chi connectivity index (χ0) is 10.8. The van der Waals surface area contributed by atoms with Crippen molar-refractivity contribution in [2.24, 2.45) is 0 Å². The Labute approximate surface area is 94.8 Å². The number of nitrogens with zero attached hydrogens (tertiary/aromatic N) is 2. The lowest BCUT2D eigenvalue weighted by Crippen LogP contribution is -2.28. The summed E-state index contributed by atoms with van der Waals surface area (Å²) in [6, 6.07) is 0.651. The molecule has 1 aliphatic rings. The number of rotatable bonds is 3. The van der Waals surface area contributed by atoms with Crippen LogP contribution in [0, 0.1) is 0 Å². The number of aliphatic hydroxyl groups is 1. The number of anilines is 1. The number of hydrogen-bond acceptors (Lipinski definition) is 4. The minimum Gasteiger partial charge on any atom is -0.387 e. The highest BCUT2D eigenvalue weighted by atomic mass is 32.1. The third-order valence-corrected chi connectivity index (χ3v) is 3.93. The second-order valence-corrected chi connectivity index (χ2v) is 4.97. The van der Waals surface area contributed by atoms with Gasteiger partial charge in [-0.3, -0.25) is 0 Å². The molecule has 2 rings (SSSR count). The highest BCUT2D eigenvalue weighted by Gasteiger charge is 2.25. The van der Waals surface area contributed by atoms with Gasteiger partial charge in [0, 0.05) is 18.0 Å². The Hall–Kier alpha value is -0.610. The molecule has 1 aromatic rings. The predicted octanol–water partition coefficient (Wildman–Crippen LogP) is 2.58. The molecule has 2 heterocycles. The zero-order valence-electron chi connectivity index (χ0n) is 9.31.